The molecule has 2 heterocycles. The van der Waals surface area contributed by atoms with E-state index in [2.05, 4.69) is 14.9 Å². The van der Waals surface area contributed by atoms with Crippen molar-refractivity contribution in [2.24, 2.45) is 5.92 Å². The largest absolute Gasteiger partial charge is 0.416 e. The third kappa shape index (κ3) is 3.55. The van der Waals surface area contributed by atoms with Crippen molar-refractivity contribution in [1.82, 2.24) is 9.97 Å². The van der Waals surface area contributed by atoms with Gasteiger partial charge >= 0.3 is 6.18 Å². The molecule has 7 heteroatoms. The maximum atomic E-state index is 12.6. The van der Waals surface area contributed by atoms with Crippen molar-refractivity contribution in [2.75, 3.05) is 18.0 Å². The number of piperidine rings is 1. The van der Waals surface area contributed by atoms with Crippen LogP contribution in [0.2, 0.25) is 0 Å². The van der Waals surface area contributed by atoms with E-state index in [9.17, 15) is 18.0 Å². The van der Waals surface area contributed by atoms with Crippen LogP contribution in [0.25, 0.3) is 11.3 Å². The fraction of sp³-hybridized carbons (Fsp3) is 0.353. The van der Waals surface area contributed by atoms with Gasteiger partial charge in [-0.1, -0.05) is 12.1 Å². The zero-order valence-electron chi connectivity index (χ0n) is 12.8. The highest BCUT2D eigenvalue weighted by Crippen LogP contribution is 2.31. The van der Waals surface area contributed by atoms with Gasteiger partial charge in [-0.2, -0.15) is 13.2 Å². The summed E-state index contributed by atoms with van der Waals surface area (Å²) in [6.45, 7) is 1.46. The predicted octanol–water partition coefficient (Wildman–Crippen LogP) is 3.58. The number of aldehydes is 1. The molecule has 1 saturated heterocycles. The van der Waals surface area contributed by atoms with Crippen LogP contribution in [0.3, 0.4) is 0 Å². The summed E-state index contributed by atoms with van der Waals surface area (Å²) < 4.78 is 37.9. The lowest BCUT2D eigenvalue weighted by Gasteiger charge is -2.30. The lowest BCUT2D eigenvalue weighted by atomic mass is 9.98. The van der Waals surface area contributed by atoms with Gasteiger partial charge in [-0.25, -0.2) is 9.97 Å². The van der Waals surface area contributed by atoms with E-state index in [1.165, 1.54) is 18.5 Å². The summed E-state index contributed by atoms with van der Waals surface area (Å²) >= 11 is 0. The van der Waals surface area contributed by atoms with Crippen molar-refractivity contribution in [3.63, 3.8) is 0 Å². The van der Waals surface area contributed by atoms with Crippen molar-refractivity contribution in [3.8, 4) is 11.3 Å². The monoisotopic (exact) mass is 335 g/mol. The van der Waals surface area contributed by atoms with Crippen LogP contribution in [-0.2, 0) is 11.0 Å². The Labute approximate surface area is 137 Å². The number of carbonyl (C=O) groups is 1. The Morgan fingerprint density at radius 2 is 1.75 bits per heavy atom. The molecular formula is C17H16F3N3O. The molecule has 0 atom stereocenters. The van der Waals surface area contributed by atoms with Gasteiger partial charge in [-0.15, -0.1) is 0 Å². The number of halogens is 3. The number of hydrogen-bond acceptors (Lipinski definition) is 4. The van der Waals surface area contributed by atoms with Crippen molar-refractivity contribution in [2.45, 2.75) is 19.0 Å². The molecule has 1 aliphatic heterocycles. The Balaban J connectivity index is 1.79. The molecule has 126 valence electrons. The fourth-order valence-corrected chi connectivity index (χ4v) is 2.77. The Kier molecular flexibility index (Phi) is 4.51. The predicted molar refractivity (Wildman–Crippen MR) is 83.5 cm³/mol. The summed E-state index contributed by atoms with van der Waals surface area (Å²) in [7, 11) is 0. The van der Waals surface area contributed by atoms with E-state index in [1.807, 2.05) is 0 Å². The van der Waals surface area contributed by atoms with Crippen molar-refractivity contribution < 1.29 is 18.0 Å². The highest BCUT2D eigenvalue weighted by molar-refractivity contribution is 5.63. The first-order valence-electron chi connectivity index (χ1n) is 7.67. The Bertz CT molecular complexity index is 708. The van der Waals surface area contributed by atoms with Crippen LogP contribution >= 0.6 is 0 Å². The van der Waals surface area contributed by atoms with Gasteiger partial charge in [0.2, 0.25) is 0 Å². The molecule has 0 amide bonds. The molecule has 0 unspecified atom stereocenters. The molecule has 24 heavy (non-hydrogen) atoms. The summed E-state index contributed by atoms with van der Waals surface area (Å²) in [6, 6.07) is 6.68. The minimum atomic E-state index is -4.35. The normalized spacial score (nSPS) is 16.2. The highest BCUT2D eigenvalue weighted by Gasteiger charge is 2.30. The first-order valence-corrected chi connectivity index (χ1v) is 7.67. The maximum absolute atomic E-state index is 12.6. The van der Waals surface area contributed by atoms with Crippen molar-refractivity contribution in [3.05, 3.63) is 42.2 Å². The molecule has 0 N–H and O–H groups in total. The van der Waals surface area contributed by atoms with Crippen LogP contribution in [0.5, 0.6) is 0 Å². The number of benzene rings is 1. The summed E-state index contributed by atoms with van der Waals surface area (Å²) in [5.41, 5.74) is 0.497. The first-order chi connectivity index (χ1) is 11.5. The molecule has 3 rings (SSSR count). The molecule has 1 aromatic heterocycles. The average molecular weight is 335 g/mol. The standard InChI is InChI=1S/C17H16F3N3O/c18-17(19,20)14-3-1-13(2-4-14)15-9-16(22-11-21-15)23-7-5-12(10-24)6-8-23/h1-4,9-12H,5-8H2. The first kappa shape index (κ1) is 16.4. The number of alkyl halides is 3. The molecule has 2 aromatic rings. The van der Waals surface area contributed by atoms with Crippen LogP contribution < -0.4 is 4.90 Å². The maximum Gasteiger partial charge on any atom is 0.416 e. The highest BCUT2D eigenvalue weighted by atomic mass is 19.4. The second-order valence-corrected chi connectivity index (χ2v) is 5.80. The number of aromatic nitrogens is 2. The molecule has 0 radical (unpaired) electrons. The van der Waals surface area contributed by atoms with Gasteiger partial charge in [0.15, 0.2) is 0 Å². The molecule has 0 saturated carbocycles. The van der Waals surface area contributed by atoms with Crippen LogP contribution in [-0.4, -0.2) is 29.3 Å². The van der Waals surface area contributed by atoms with E-state index in [0.29, 0.717) is 11.3 Å². The Morgan fingerprint density at radius 3 is 2.33 bits per heavy atom. The van der Waals surface area contributed by atoms with E-state index >= 15 is 0 Å². The number of nitrogens with zero attached hydrogens (tertiary/aromatic N) is 3. The second-order valence-electron chi connectivity index (χ2n) is 5.80. The van der Waals surface area contributed by atoms with Crippen LogP contribution in [0, 0.1) is 5.92 Å². The molecule has 0 aliphatic carbocycles. The number of carbonyl (C=O) groups excluding carboxylic acids is 1. The number of anilines is 1. The Morgan fingerprint density at radius 1 is 1.08 bits per heavy atom. The van der Waals surface area contributed by atoms with Gasteiger partial charge in [-0.3, -0.25) is 0 Å². The summed E-state index contributed by atoms with van der Waals surface area (Å²) in [6.07, 6.45) is -0.385. The molecule has 4 nitrogen and oxygen atoms in total. The van der Waals surface area contributed by atoms with Crippen molar-refractivity contribution in [1.29, 1.82) is 0 Å². The van der Waals surface area contributed by atoms with Gasteiger partial charge in [0.05, 0.1) is 11.3 Å². The molecule has 1 aromatic carbocycles. The zero-order chi connectivity index (χ0) is 17.2. The number of hydrogen-bond donors (Lipinski definition) is 0. The molecule has 0 bridgehead atoms. The van der Waals surface area contributed by atoms with E-state index in [0.717, 1.165) is 50.2 Å². The zero-order valence-corrected chi connectivity index (χ0v) is 12.8. The van der Waals surface area contributed by atoms with E-state index in [1.54, 1.807) is 6.07 Å². The lowest BCUT2D eigenvalue weighted by molar-refractivity contribution is -0.137. The fourth-order valence-electron chi connectivity index (χ4n) is 2.77. The third-order valence-electron chi connectivity index (χ3n) is 4.22. The second kappa shape index (κ2) is 6.59. The molecule has 1 aliphatic rings. The minimum Gasteiger partial charge on any atom is -0.356 e. The summed E-state index contributed by atoms with van der Waals surface area (Å²) in [4.78, 5) is 21.3. The average Bonchev–Trinajstić information content (AvgIpc) is 2.61. The quantitative estimate of drug-likeness (QED) is 0.805. The van der Waals surface area contributed by atoms with Crippen LogP contribution in [0.4, 0.5) is 19.0 Å². The van der Waals surface area contributed by atoms with E-state index in [4.69, 9.17) is 0 Å². The summed E-state index contributed by atoms with van der Waals surface area (Å²) in [5.74, 6) is 0.821. The van der Waals surface area contributed by atoms with E-state index in [-0.39, 0.29) is 5.92 Å². The van der Waals surface area contributed by atoms with Crippen LogP contribution in [0.1, 0.15) is 18.4 Å². The lowest BCUT2D eigenvalue weighted by Crippen LogP contribution is -2.34. The Hall–Kier alpha value is -2.44. The minimum absolute atomic E-state index is 0.0949. The molecule has 0 spiro atoms. The van der Waals surface area contributed by atoms with Gasteiger partial charge in [-0.05, 0) is 25.0 Å². The van der Waals surface area contributed by atoms with Crippen molar-refractivity contribution >= 4 is 12.1 Å². The summed E-state index contributed by atoms with van der Waals surface area (Å²) in [5, 5.41) is 0. The SMILES string of the molecule is O=CC1CCN(c2cc(-c3ccc(C(F)(F)F)cc3)ncn2)CC1. The van der Waals surface area contributed by atoms with Gasteiger partial charge < -0.3 is 9.69 Å². The molecule has 1 fully saturated rings. The van der Waals surface area contributed by atoms with Gasteiger partial charge in [0, 0.05) is 30.6 Å². The van der Waals surface area contributed by atoms with Crippen LogP contribution in [0.15, 0.2) is 36.7 Å². The topological polar surface area (TPSA) is 46.1 Å². The number of rotatable bonds is 3. The smallest absolute Gasteiger partial charge is 0.356 e. The van der Waals surface area contributed by atoms with E-state index < -0.39 is 11.7 Å². The van der Waals surface area contributed by atoms with Gasteiger partial charge in [0.25, 0.3) is 0 Å². The third-order valence-corrected chi connectivity index (χ3v) is 4.22. The molecular weight excluding hydrogens is 319 g/mol. The van der Waals surface area contributed by atoms with Gasteiger partial charge in [0.1, 0.15) is 18.4 Å².